The molecule has 0 radical (unpaired) electrons. The lowest BCUT2D eigenvalue weighted by atomic mass is 10.4. The zero-order valence-corrected chi connectivity index (χ0v) is 7.15. The maximum Gasteiger partial charge on any atom is 0.295 e. The minimum Gasteiger partial charge on any atom is -0.432 e. The Morgan fingerprint density at radius 2 is 2.46 bits per heavy atom. The molecule has 0 spiro atoms. The Kier molecular flexibility index (Phi) is 1.99. The second-order valence-corrected chi connectivity index (χ2v) is 2.64. The number of nitrogens with zero attached hydrogens (tertiary/aromatic N) is 2. The van der Waals surface area contributed by atoms with Crippen LogP contribution < -0.4 is 5.32 Å². The van der Waals surface area contributed by atoms with Crippen molar-refractivity contribution in [2.75, 3.05) is 5.32 Å². The molecule has 0 bridgehead atoms. The van der Waals surface area contributed by atoms with Gasteiger partial charge < -0.3 is 14.3 Å². The van der Waals surface area contributed by atoms with Gasteiger partial charge in [0.25, 0.3) is 6.01 Å². The molecular formula is C8H9N3O2. The first-order chi connectivity index (χ1) is 6.34. The monoisotopic (exact) mass is 179 g/mol. The van der Waals surface area contributed by atoms with E-state index in [2.05, 4.69) is 20.0 Å². The lowest BCUT2D eigenvalue weighted by Crippen LogP contribution is -1.99. The van der Waals surface area contributed by atoms with Crippen LogP contribution in [0.5, 0.6) is 0 Å². The number of rotatable bonds is 3. The van der Waals surface area contributed by atoms with Crippen molar-refractivity contribution in [1.82, 2.24) is 10.1 Å². The molecule has 0 aliphatic carbocycles. The molecule has 0 fully saturated rings. The van der Waals surface area contributed by atoms with E-state index < -0.39 is 0 Å². The van der Waals surface area contributed by atoms with E-state index >= 15 is 0 Å². The summed E-state index contributed by atoms with van der Waals surface area (Å²) in [5, 5.41) is 6.70. The van der Waals surface area contributed by atoms with Crippen LogP contribution in [0, 0.1) is 6.92 Å². The average Bonchev–Trinajstić information content (AvgIpc) is 2.71. The van der Waals surface area contributed by atoms with E-state index in [9.17, 15) is 0 Å². The molecule has 0 atom stereocenters. The fraction of sp³-hybridized carbons (Fsp3) is 0.250. The molecule has 0 aromatic carbocycles. The van der Waals surface area contributed by atoms with Crippen LogP contribution in [0.25, 0.3) is 0 Å². The first-order valence-corrected chi connectivity index (χ1v) is 3.90. The van der Waals surface area contributed by atoms with E-state index in [4.69, 9.17) is 4.42 Å². The van der Waals surface area contributed by atoms with Crippen molar-refractivity contribution in [3.63, 3.8) is 0 Å². The number of oxazole rings is 1. The van der Waals surface area contributed by atoms with Crippen LogP contribution in [0.15, 0.2) is 27.5 Å². The third kappa shape index (κ3) is 1.87. The number of hydrogen-bond donors (Lipinski definition) is 1. The molecule has 5 heteroatoms. The predicted molar refractivity (Wildman–Crippen MR) is 45.1 cm³/mol. The highest BCUT2D eigenvalue weighted by Crippen LogP contribution is 2.07. The molecule has 0 unspecified atom stereocenters. The van der Waals surface area contributed by atoms with Crippen molar-refractivity contribution in [3.05, 3.63) is 30.0 Å². The standard InChI is InChI=1S/C8H9N3O2/c1-6-5-12-8(10-6)9-4-7-2-3-13-11-7/h2-3,5H,4H2,1H3,(H,9,10). The third-order valence-electron chi connectivity index (χ3n) is 1.53. The van der Waals surface area contributed by atoms with Gasteiger partial charge in [0.2, 0.25) is 0 Å². The second-order valence-electron chi connectivity index (χ2n) is 2.64. The zero-order valence-electron chi connectivity index (χ0n) is 7.15. The first-order valence-electron chi connectivity index (χ1n) is 3.90. The summed E-state index contributed by atoms with van der Waals surface area (Å²) in [6.07, 6.45) is 3.11. The van der Waals surface area contributed by atoms with Crippen LogP contribution in [-0.2, 0) is 6.54 Å². The van der Waals surface area contributed by atoms with Gasteiger partial charge in [0, 0.05) is 6.07 Å². The van der Waals surface area contributed by atoms with Crippen LogP contribution >= 0.6 is 0 Å². The highest BCUT2D eigenvalue weighted by molar-refractivity contribution is 5.21. The molecule has 0 amide bonds. The SMILES string of the molecule is Cc1coc(NCc2ccon2)n1. The Morgan fingerprint density at radius 1 is 1.54 bits per heavy atom. The van der Waals surface area contributed by atoms with E-state index in [0.717, 1.165) is 11.4 Å². The molecule has 0 aliphatic rings. The topological polar surface area (TPSA) is 64.1 Å². The van der Waals surface area contributed by atoms with Crippen LogP contribution in [0.4, 0.5) is 6.01 Å². The molecule has 2 aromatic heterocycles. The predicted octanol–water partition coefficient (Wildman–Crippen LogP) is 1.58. The summed E-state index contributed by atoms with van der Waals surface area (Å²) in [6, 6.07) is 2.28. The molecule has 0 saturated carbocycles. The van der Waals surface area contributed by atoms with Gasteiger partial charge in [0.15, 0.2) is 0 Å². The Labute approximate surface area is 74.7 Å². The second kappa shape index (κ2) is 3.30. The van der Waals surface area contributed by atoms with Gasteiger partial charge in [0.05, 0.1) is 12.2 Å². The van der Waals surface area contributed by atoms with E-state index in [0.29, 0.717) is 12.6 Å². The molecule has 5 nitrogen and oxygen atoms in total. The number of aromatic nitrogens is 2. The van der Waals surface area contributed by atoms with Gasteiger partial charge >= 0.3 is 0 Å². The summed E-state index contributed by atoms with van der Waals surface area (Å²) in [5.74, 6) is 0. The van der Waals surface area contributed by atoms with Crippen LogP contribution in [0.3, 0.4) is 0 Å². The van der Waals surface area contributed by atoms with Crippen molar-refractivity contribution in [1.29, 1.82) is 0 Å². The third-order valence-corrected chi connectivity index (χ3v) is 1.53. The minimum absolute atomic E-state index is 0.500. The van der Waals surface area contributed by atoms with Crippen molar-refractivity contribution >= 4 is 6.01 Å². The zero-order chi connectivity index (χ0) is 9.10. The Bertz CT molecular complexity index is 366. The minimum atomic E-state index is 0.500. The summed E-state index contributed by atoms with van der Waals surface area (Å²) in [5.41, 5.74) is 1.67. The Balaban J connectivity index is 1.93. The highest BCUT2D eigenvalue weighted by Gasteiger charge is 2.00. The summed E-state index contributed by atoms with van der Waals surface area (Å²) in [6.45, 7) is 2.42. The highest BCUT2D eigenvalue weighted by atomic mass is 16.5. The van der Waals surface area contributed by atoms with Gasteiger partial charge in [-0.3, -0.25) is 0 Å². The summed E-state index contributed by atoms with van der Waals surface area (Å²) < 4.78 is 9.75. The maximum absolute atomic E-state index is 5.08. The summed E-state index contributed by atoms with van der Waals surface area (Å²) in [4.78, 5) is 4.07. The Morgan fingerprint density at radius 3 is 3.08 bits per heavy atom. The van der Waals surface area contributed by atoms with E-state index in [1.165, 1.54) is 6.26 Å². The molecule has 2 aromatic rings. The van der Waals surface area contributed by atoms with Crippen molar-refractivity contribution in [2.45, 2.75) is 13.5 Å². The number of nitrogens with one attached hydrogen (secondary N) is 1. The number of hydrogen-bond acceptors (Lipinski definition) is 5. The smallest absolute Gasteiger partial charge is 0.295 e. The van der Waals surface area contributed by atoms with Crippen molar-refractivity contribution < 1.29 is 8.94 Å². The van der Waals surface area contributed by atoms with Gasteiger partial charge in [-0.15, -0.1) is 0 Å². The van der Waals surface area contributed by atoms with Gasteiger partial charge in [0.1, 0.15) is 18.2 Å². The maximum atomic E-state index is 5.08. The van der Waals surface area contributed by atoms with E-state index in [-0.39, 0.29) is 0 Å². The largest absolute Gasteiger partial charge is 0.432 e. The van der Waals surface area contributed by atoms with Gasteiger partial charge in [-0.25, -0.2) is 0 Å². The Hall–Kier alpha value is -1.78. The number of aryl methyl sites for hydroxylation is 1. The quantitative estimate of drug-likeness (QED) is 0.774. The van der Waals surface area contributed by atoms with Crippen molar-refractivity contribution in [2.24, 2.45) is 0 Å². The molecule has 1 N–H and O–H groups in total. The van der Waals surface area contributed by atoms with Crippen LogP contribution in [0.1, 0.15) is 11.4 Å². The summed E-state index contributed by atoms with van der Waals surface area (Å²) >= 11 is 0. The number of anilines is 1. The van der Waals surface area contributed by atoms with Gasteiger partial charge in [-0.2, -0.15) is 4.98 Å². The molecule has 2 heterocycles. The van der Waals surface area contributed by atoms with Crippen molar-refractivity contribution in [3.8, 4) is 0 Å². The van der Waals surface area contributed by atoms with E-state index in [1.807, 2.05) is 6.92 Å². The fourth-order valence-electron chi connectivity index (χ4n) is 0.930. The molecule has 0 aliphatic heterocycles. The molecule has 68 valence electrons. The first kappa shape index (κ1) is 7.85. The lowest BCUT2D eigenvalue weighted by Gasteiger charge is -1.95. The van der Waals surface area contributed by atoms with Crippen LogP contribution in [-0.4, -0.2) is 10.1 Å². The summed E-state index contributed by atoms with van der Waals surface area (Å²) in [7, 11) is 0. The van der Waals surface area contributed by atoms with Gasteiger partial charge in [-0.05, 0) is 6.92 Å². The molecule has 2 rings (SSSR count). The molecular weight excluding hydrogens is 170 g/mol. The average molecular weight is 179 g/mol. The lowest BCUT2D eigenvalue weighted by molar-refractivity contribution is 0.412. The van der Waals surface area contributed by atoms with E-state index in [1.54, 1.807) is 12.3 Å². The van der Waals surface area contributed by atoms with Crippen LogP contribution in [0.2, 0.25) is 0 Å². The molecule has 13 heavy (non-hydrogen) atoms. The van der Waals surface area contributed by atoms with Gasteiger partial charge in [-0.1, -0.05) is 5.16 Å². The normalized spacial score (nSPS) is 10.2. The fourth-order valence-corrected chi connectivity index (χ4v) is 0.930. The molecule has 0 saturated heterocycles.